The standard InChI is InChI=1S/C25H30N2O4/c1-25(2,3)31-24(30)27-13-11-20(12-14-27)23(19-7-5-4-6-8-19)21-15-18(16-26-17-21)9-10-22(28)29/h4-8,15-17H,9-14H2,1-3H3,(H,28,29). The fourth-order valence-corrected chi connectivity index (χ4v) is 3.73. The van der Waals surface area contributed by atoms with E-state index < -0.39 is 11.6 Å². The molecule has 0 unspecified atom stereocenters. The summed E-state index contributed by atoms with van der Waals surface area (Å²) in [7, 11) is 0. The fourth-order valence-electron chi connectivity index (χ4n) is 3.73. The van der Waals surface area contributed by atoms with Crippen molar-refractivity contribution in [3.8, 4) is 0 Å². The molecule has 1 aliphatic heterocycles. The number of hydrogen-bond acceptors (Lipinski definition) is 4. The molecule has 6 heteroatoms. The van der Waals surface area contributed by atoms with Gasteiger partial charge in [0.15, 0.2) is 0 Å². The summed E-state index contributed by atoms with van der Waals surface area (Å²) in [6.45, 7) is 6.83. The molecule has 2 aromatic rings. The van der Waals surface area contributed by atoms with Gasteiger partial charge in [0.1, 0.15) is 5.60 Å². The Labute approximate surface area is 183 Å². The van der Waals surface area contributed by atoms with Gasteiger partial charge in [-0.25, -0.2) is 4.79 Å². The van der Waals surface area contributed by atoms with Crippen molar-refractivity contribution in [3.05, 3.63) is 71.1 Å². The number of carboxylic acids is 1. The Balaban J connectivity index is 1.88. The maximum Gasteiger partial charge on any atom is 0.410 e. The Morgan fingerprint density at radius 2 is 1.74 bits per heavy atom. The predicted octanol–water partition coefficient (Wildman–Crippen LogP) is 4.93. The number of aromatic nitrogens is 1. The maximum absolute atomic E-state index is 12.4. The predicted molar refractivity (Wildman–Crippen MR) is 120 cm³/mol. The van der Waals surface area contributed by atoms with Crippen LogP contribution in [0.4, 0.5) is 4.79 Å². The van der Waals surface area contributed by atoms with Crippen LogP contribution in [0, 0.1) is 0 Å². The first-order valence-electron chi connectivity index (χ1n) is 10.6. The quantitative estimate of drug-likeness (QED) is 0.739. The number of amides is 1. The molecule has 0 saturated carbocycles. The number of piperidine rings is 1. The number of aliphatic carboxylic acids is 1. The molecule has 1 aromatic heterocycles. The third-order valence-electron chi connectivity index (χ3n) is 5.15. The molecule has 0 spiro atoms. The van der Waals surface area contributed by atoms with Crippen molar-refractivity contribution in [2.24, 2.45) is 0 Å². The van der Waals surface area contributed by atoms with E-state index in [2.05, 4.69) is 17.1 Å². The van der Waals surface area contributed by atoms with Crippen LogP contribution in [-0.2, 0) is 16.0 Å². The molecular formula is C25H30N2O4. The third-order valence-corrected chi connectivity index (χ3v) is 5.15. The zero-order chi connectivity index (χ0) is 22.4. The number of hydrogen-bond donors (Lipinski definition) is 1. The highest BCUT2D eigenvalue weighted by Gasteiger charge is 2.26. The van der Waals surface area contributed by atoms with Crippen LogP contribution in [0.15, 0.2) is 54.4 Å². The van der Waals surface area contributed by atoms with Crippen molar-refractivity contribution in [1.29, 1.82) is 0 Å². The summed E-state index contributed by atoms with van der Waals surface area (Å²) in [6, 6.07) is 12.2. The molecule has 3 rings (SSSR count). The number of carbonyl (C=O) groups excluding carboxylic acids is 1. The largest absolute Gasteiger partial charge is 0.481 e. The van der Waals surface area contributed by atoms with E-state index in [1.165, 1.54) is 5.57 Å². The first-order chi connectivity index (χ1) is 14.7. The lowest BCUT2D eigenvalue weighted by Crippen LogP contribution is -2.40. The van der Waals surface area contributed by atoms with Crippen LogP contribution in [0.2, 0.25) is 0 Å². The zero-order valence-electron chi connectivity index (χ0n) is 18.4. The molecular weight excluding hydrogens is 392 g/mol. The summed E-state index contributed by atoms with van der Waals surface area (Å²) >= 11 is 0. The van der Waals surface area contributed by atoms with Gasteiger partial charge in [-0.05, 0) is 62.8 Å². The van der Waals surface area contributed by atoms with Crippen molar-refractivity contribution in [2.45, 2.75) is 52.1 Å². The van der Waals surface area contributed by atoms with E-state index in [0.29, 0.717) is 19.5 Å². The monoisotopic (exact) mass is 422 g/mol. The number of aryl methyl sites for hydroxylation is 1. The second-order valence-corrected chi connectivity index (χ2v) is 8.79. The topological polar surface area (TPSA) is 79.7 Å². The molecule has 1 fully saturated rings. The van der Waals surface area contributed by atoms with Gasteiger partial charge >= 0.3 is 12.1 Å². The van der Waals surface area contributed by atoms with Gasteiger partial charge in [0, 0.05) is 37.5 Å². The Morgan fingerprint density at radius 1 is 1.06 bits per heavy atom. The fraction of sp³-hybridized carbons (Fsp3) is 0.400. The summed E-state index contributed by atoms with van der Waals surface area (Å²) in [6.07, 6.45) is 5.31. The highest BCUT2D eigenvalue weighted by molar-refractivity contribution is 5.82. The lowest BCUT2D eigenvalue weighted by molar-refractivity contribution is -0.136. The number of benzene rings is 1. The highest BCUT2D eigenvalue weighted by atomic mass is 16.6. The van der Waals surface area contributed by atoms with Crippen LogP contribution in [0.5, 0.6) is 0 Å². The minimum Gasteiger partial charge on any atom is -0.481 e. The van der Waals surface area contributed by atoms with Gasteiger partial charge in [-0.2, -0.15) is 0 Å². The lowest BCUT2D eigenvalue weighted by Gasteiger charge is -2.32. The molecule has 31 heavy (non-hydrogen) atoms. The van der Waals surface area contributed by atoms with Crippen LogP contribution in [0.25, 0.3) is 5.57 Å². The smallest absolute Gasteiger partial charge is 0.410 e. The van der Waals surface area contributed by atoms with E-state index in [4.69, 9.17) is 9.84 Å². The number of pyridine rings is 1. The number of likely N-dealkylation sites (tertiary alicyclic amines) is 1. The normalized spacial score (nSPS) is 14.3. The van der Waals surface area contributed by atoms with E-state index in [9.17, 15) is 9.59 Å². The molecule has 164 valence electrons. The van der Waals surface area contributed by atoms with Crippen molar-refractivity contribution in [2.75, 3.05) is 13.1 Å². The molecule has 1 N–H and O–H groups in total. The van der Waals surface area contributed by atoms with Crippen molar-refractivity contribution in [3.63, 3.8) is 0 Å². The second kappa shape index (κ2) is 9.77. The first-order valence-corrected chi connectivity index (χ1v) is 10.6. The second-order valence-electron chi connectivity index (χ2n) is 8.79. The molecule has 0 aliphatic carbocycles. The average molecular weight is 423 g/mol. The Kier molecular flexibility index (Phi) is 7.10. The molecule has 1 aromatic carbocycles. The van der Waals surface area contributed by atoms with Crippen LogP contribution in [0.3, 0.4) is 0 Å². The van der Waals surface area contributed by atoms with Crippen LogP contribution < -0.4 is 0 Å². The number of ether oxygens (including phenoxy) is 1. The SMILES string of the molecule is CC(C)(C)OC(=O)N1CCC(=C(c2ccccc2)c2cncc(CCC(=O)O)c2)CC1. The molecule has 1 amide bonds. The first kappa shape index (κ1) is 22.5. The zero-order valence-corrected chi connectivity index (χ0v) is 18.4. The van der Waals surface area contributed by atoms with Crippen molar-refractivity contribution in [1.82, 2.24) is 9.88 Å². The Hall–Kier alpha value is -3.15. The minimum atomic E-state index is -0.818. The van der Waals surface area contributed by atoms with Crippen LogP contribution >= 0.6 is 0 Å². The summed E-state index contributed by atoms with van der Waals surface area (Å²) in [4.78, 5) is 29.5. The summed E-state index contributed by atoms with van der Waals surface area (Å²) in [5, 5.41) is 9.00. The summed E-state index contributed by atoms with van der Waals surface area (Å²) < 4.78 is 5.52. The Bertz CT molecular complexity index is 951. The molecule has 0 radical (unpaired) electrons. The van der Waals surface area contributed by atoms with E-state index in [1.807, 2.05) is 51.2 Å². The number of nitrogens with zero attached hydrogens (tertiary/aromatic N) is 2. The number of rotatable bonds is 5. The average Bonchev–Trinajstić information content (AvgIpc) is 2.73. The van der Waals surface area contributed by atoms with E-state index in [1.54, 1.807) is 11.1 Å². The minimum absolute atomic E-state index is 0.0766. The van der Waals surface area contributed by atoms with E-state index in [-0.39, 0.29) is 12.5 Å². The van der Waals surface area contributed by atoms with Gasteiger partial charge < -0.3 is 14.7 Å². The summed E-state index contributed by atoms with van der Waals surface area (Å²) in [5.74, 6) is -0.818. The summed E-state index contributed by atoms with van der Waals surface area (Å²) in [5.41, 5.74) is 4.86. The maximum atomic E-state index is 12.4. The lowest BCUT2D eigenvalue weighted by atomic mass is 9.88. The molecule has 1 saturated heterocycles. The van der Waals surface area contributed by atoms with Gasteiger partial charge in [0.05, 0.1) is 0 Å². The van der Waals surface area contributed by atoms with Crippen LogP contribution in [-0.4, -0.2) is 45.7 Å². The van der Waals surface area contributed by atoms with Gasteiger partial charge in [-0.15, -0.1) is 0 Å². The molecule has 0 atom stereocenters. The molecule has 6 nitrogen and oxygen atoms in total. The van der Waals surface area contributed by atoms with Crippen molar-refractivity contribution < 1.29 is 19.4 Å². The van der Waals surface area contributed by atoms with Gasteiger partial charge in [0.2, 0.25) is 0 Å². The van der Waals surface area contributed by atoms with Gasteiger partial charge in [-0.1, -0.05) is 35.9 Å². The number of carbonyl (C=O) groups is 2. The van der Waals surface area contributed by atoms with E-state index >= 15 is 0 Å². The van der Waals surface area contributed by atoms with Gasteiger partial charge in [-0.3, -0.25) is 9.78 Å². The third kappa shape index (κ3) is 6.41. The highest BCUT2D eigenvalue weighted by Crippen LogP contribution is 2.33. The van der Waals surface area contributed by atoms with Crippen molar-refractivity contribution >= 4 is 17.6 Å². The van der Waals surface area contributed by atoms with Gasteiger partial charge in [0.25, 0.3) is 0 Å². The van der Waals surface area contributed by atoms with Crippen LogP contribution in [0.1, 0.15) is 56.7 Å². The molecule has 1 aliphatic rings. The molecule has 2 heterocycles. The van der Waals surface area contributed by atoms with E-state index in [0.717, 1.165) is 35.1 Å². The number of carboxylic acid groups (broad SMARTS) is 1. The molecule has 0 bridgehead atoms. The Morgan fingerprint density at radius 3 is 2.35 bits per heavy atom.